The van der Waals surface area contributed by atoms with E-state index in [0.29, 0.717) is 5.56 Å². The van der Waals surface area contributed by atoms with Gasteiger partial charge in [-0.25, -0.2) is 4.39 Å². The smallest absolute Gasteiger partial charge is 0.273 e. The summed E-state index contributed by atoms with van der Waals surface area (Å²) in [6, 6.07) is 11.4. The minimum absolute atomic E-state index is 0.00356. The second-order valence-corrected chi connectivity index (χ2v) is 9.94. The number of carbonyl (C=O) groups is 3. The van der Waals surface area contributed by atoms with Gasteiger partial charge in [-0.1, -0.05) is 25.0 Å². The Morgan fingerprint density at radius 2 is 1.62 bits per heavy atom. The summed E-state index contributed by atoms with van der Waals surface area (Å²) in [5, 5.41) is 3.09. The number of nitrogens with two attached hydrogens (primary N) is 2. The minimum Gasteiger partial charge on any atom is -0.395 e. The van der Waals surface area contributed by atoms with Crippen LogP contribution in [-0.2, 0) is 4.79 Å². The quantitative estimate of drug-likeness (QED) is 0.413. The molecule has 1 fully saturated rings. The fraction of sp³-hybridized carbons (Fsp3) is 0.308. The Hall–Kier alpha value is -3.99. The Morgan fingerprint density at radius 3 is 2.16 bits per heavy atom. The van der Waals surface area contributed by atoms with Crippen LogP contribution in [0, 0.1) is 5.82 Å². The lowest BCUT2D eigenvalue weighted by atomic mass is 10.0. The van der Waals surface area contributed by atoms with E-state index in [2.05, 4.69) is 9.69 Å². The van der Waals surface area contributed by atoms with E-state index in [1.165, 1.54) is 29.2 Å². The number of anilines is 3. The first-order chi connectivity index (χ1) is 17.7. The molecule has 2 aromatic carbocycles. The number of aromatic nitrogens is 1. The molecule has 0 bridgehead atoms. The Balaban J connectivity index is 1.85. The standard InChI is InChI=1S/C26H29FN6O3S/c1-32(2)18-11-7-15(8-12-18)22(25(35)30-17-5-3-4-6-17)33(19-13-9-16(27)10-14-19)26(36)23-20(28)21(24(29)34)31-37-23/h7-14,17,22H,3-6,28H2,1-2H3,(H2,29,34)(H,30,35)/t22-/m0/s1. The Bertz CT molecular complexity index is 1290. The number of carbonyl (C=O) groups excluding carboxylic acids is 3. The molecule has 9 nitrogen and oxygen atoms in total. The zero-order valence-corrected chi connectivity index (χ0v) is 21.4. The van der Waals surface area contributed by atoms with Crippen LogP contribution < -0.4 is 26.6 Å². The molecule has 0 saturated heterocycles. The highest BCUT2D eigenvalue weighted by atomic mass is 32.1. The van der Waals surface area contributed by atoms with Crippen molar-refractivity contribution in [2.24, 2.45) is 5.73 Å². The third-order valence-corrected chi connectivity index (χ3v) is 7.26. The van der Waals surface area contributed by atoms with E-state index >= 15 is 0 Å². The summed E-state index contributed by atoms with van der Waals surface area (Å²) in [5.74, 6) is -2.39. The molecular weight excluding hydrogens is 495 g/mol. The van der Waals surface area contributed by atoms with Gasteiger partial charge in [-0.2, -0.15) is 4.37 Å². The number of nitrogens with one attached hydrogen (secondary N) is 1. The summed E-state index contributed by atoms with van der Waals surface area (Å²) < 4.78 is 17.8. The molecule has 4 rings (SSSR count). The van der Waals surface area contributed by atoms with Crippen molar-refractivity contribution in [2.45, 2.75) is 37.8 Å². The van der Waals surface area contributed by atoms with Gasteiger partial charge >= 0.3 is 0 Å². The lowest BCUT2D eigenvalue weighted by Gasteiger charge is -2.32. The normalized spacial score (nSPS) is 14.2. The van der Waals surface area contributed by atoms with Crippen LogP contribution in [0.15, 0.2) is 48.5 Å². The maximum Gasteiger partial charge on any atom is 0.273 e. The first-order valence-electron chi connectivity index (χ1n) is 11.9. The van der Waals surface area contributed by atoms with E-state index in [0.717, 1.165) is 42.9 Å². The van der Waals surface area contributed by atoms with Gasteiger partial charge in [0.1, 0.15) is 16.7 Å². The first kappa shape index (κ1) is 26.1. The van der Waals surface area contributed by atoms with Crippen molar-refractivity contribution in [3.63, 3.8) is 0 Å². The van der Waals surface area contributed by atoms with Gasteiger partial charge in [0.05, 0.1) is 5.69 Å². The van der Waals surface area contributed by atoms with E-state index < -0.39 is 23.7 Å². The molecule has 0 aliphatic heterocycles. The average Bonchev–Trinajstić information content (AvgIpc) is 3.52. The number of rotatable bonds is 8. The third kappa shape index (κ3) is 5.56. The monoisotopic (exact) mass is 524 g/mol. The van der Waals surface area contributed by atoms with Crippen LogP contribution >= 0.6 is 11.5 Å². The number of hydrogen-bond acceptors (Lipinski definition) is 7. The molecule has 1 aliphatic rings. The topological polar surface area (TPSA) is 135 Å². The van der Waals surface area contributed by atoms with Gasteiger partial charge in [0.15, 0.2) is 5.69 Å². The minimum atomic E-state index is -1.10. The van der Waals surface area contributed by atoms with Crippen molar-refractivity contribution in [3.05, 3.63) is 70.5 Å². The molecule has 1 atom stereocenters. The fourth-order valence-corrected chi connectivity index (χ4v) is 5.19. The van der Waals surface area contributed by atoms with Gasteiger partial charge in [0.2, 0.25) is 5.91 Å². The van der Waals surface area contributed by atoms with Gasteiger partial charge in [-0.05, 0) is 66.3 Å². The van der Waals surface area contributed by atoms with E-state index in [1.807, 2.05) is 31.1 Å². The molecule has 0 unspecified atom stereocenters. The van der Waals surface area contributed by atoms with Gasteiger partial charge in [0.25, 0.3) is 11.8 Å². The van der Waals surface area contributed by atoms with Crippen LogP contribution in [0.4, 0.5) is 21.5 Å². The molecular formula is C26H29FN6O3S. The van der Waals surface area contributed by atoms with Crippen LogP contribution in [0.2, 0.25) is 0 Å². The first-order valence-corrected chi connectivity index (χ1v) is 12.7. The molecule has 1 heterocycles. The second kappa shape index (κ2) is 11.0. The van der Waals surface area contributed by atoms with Crippen LogP contribution in [-0.4, -0.2) is 42.2 Å². The van der Waals surface area contributed by atoms with Gasteiger partial charge in [-0.15, -0.1) is 0 Å². The third-order valence-electron chi connectivity index (χ3n) is 6.41. The van der Waals surface area contributed by atoms with Crippen molar-refractivity contribution in [1.29, 1.82) is 0 Å². The predicted octanol–water partition coefficient (Wildman–Crippen LogP) is 3.48. The summed E-state index contributed by atoms with van der Waals surface area (Å²) in [7, 11) is 3.80. The fourth-order valence-electron chi connectivity index (χ4n) is 4.45. The van der Waals surface area contributed by atoms with Crippen LogP contribution in [0.25, 0.3) is 0 Å². The van der Waals surface area contributed by atoms with Crippen LogP contribution in [0.1, 0.15) is 57.4 Å². The van der Waals surface area contributed by atoms with E-state index in [-0.39, 0.29) is 33.9 Å². The Kier molecular flexibility index (Phi) is 7.72. The highest BCUT2D eigenvalue weighted by Crippen LogP contribution is 2.34. The molecule has 1 saturated carbocycles. The Morgan fingerprint density at radius 1 is 1.03 bits per heavy atom. The molecule has 1 aromatic heterocycles. The van der Waals surface area contributed by atoms with Crippen molar-refractivity contribution < 1.29 is 18.8 Å². The van der Waals surface area contributed by atoms with Crippen molar-refractivity contribution in [2.75, 3.05) is 29.6 Å². The maximum atomic E-state index is 14.0. The van der Waals surface area contributed by atoms with Gasteiger partial charge < -0.3 is 21.7 Å². The number of primary amides is 1. The van der Waals surface area contributed by atoms with Gasteiger partial charge in [-0.3, -0.25) is 19.3 Å². The molecule has 5 N–H and O–H groups in total. The predicted molar refractivity (Wildman–Crippen MR) is 142 cm³/mol. The number of amides is 3. The van der Waals surface area contributed by atoms with Gasteiger partial charge in [0, 0.05) is 31.5 Å². The van der Waals surface area contributed by atoms with Crippen LogP contribution in [0.3, 0.4) is 0 Å². The number of nitrogen functional groups attached to an aromatic ring is 1. The maximum absolute atomic E-state index is 14.0. The van der Waals surface area contributed by atoms with E-state index in [4.69, 9.17) is 11.5 Å². The lowest BCUT2D eigenvalue weighted by molar-refractivity contribution is -0.123. The van der Waals surface area contributed by atoms with E-state index in [9.17, 15) is 18.8 Å². The molecule has 0 spiro atoms. The second-order valence-electron chi connectivity index (χ2n) is 9.17. The average molecular weight is 525 g/mol. The van der Waals surface area contributed by atoms with Crippen LogP contribution in [0.5, 0.6) is 0 Å². The highest BCUT2D eigenvalue weighted by molar-refractivity contribution is 7.09. The Labute approximate surface area is 218 Å². The summed E-state index contributed by atoms with van der Waals surface area (Å²) in [4.78, 5) is 42.7. The molecule has 11 heteroatoms. The van der Waals surface area contributed by atoms with Crippen molar-refractivity contribution in [1.82, 2.24) is 9.69 Å². The number of benzene rings is 2. The summed E-state index contributed by atoms with van der Waals surface area (Å²) >= 11 is 0.723. The summed E-state index contributed by atoms with van der Waals surface area (Å²) in [6.45, 7) is 0. The number of nitrogens with zero attached hydrogens (tertiary/aromatic N) is 3. The van der Waals surface area contributed by atoms with Crippen molar-refractivity contribution in [3.8, 4) is 0 Å². The zero-order valence-electron chi connectivity index (χ0n) is 20.6. The molecule has 37 heavy (non-hydrogen) atoms. The van der Waals surface area contributed by atoms with Crippen molar-refractivity contribution >= 4 is 46.3 Å². The molecule has 194 valence electrons. The molecule has 0 radical (unpaired) electrons. The largest absolute Gasteiger partial charge is 0.395 e. The summed E-state index contributed by atoms with van der Waals surface area (Å²) in [6.07, 6.45) is 3.74. The highest BCUT2D eigenvalue weighted by Gasteiger charge is 2.37. The summed E-state index contributed by atoms with van der Waals surface area (Å²) in [5.41, 5.74) is 12.8. The number of halogens is 1. The molecule has 3 amide bonds. The lowest BCUT2D eigenvalue weighted by Crippen LogP contribution is -2.46. The number of hydrogen-bond donors (Lipinski definition) is 3. The molecule has 3 aromatic rings. The SMILES string of the molecule is CN(C)c1ccc([C@@H](C(=O)NC2CCCC2)N(C(=O)c2snc(C(N)=O)c2N)c2ccc(F)cc2)cc1. The van der Waals surface area contributed by atoms with E-state index in [1.54, 1.807) is 12.1 Å². The molecule has 1 aliphatic carbocycles. The zero-order chi connectivity index (χ0) is 26.7.